The zero-order valence-corrected chi connectivity index (χ0v) is 7.32. The lowest BCUT2D eigenvalue weighted by atomic mass is 10.1. The normalized spacial score (nSPS) is 15.1. The van der Waals surface area contributed by atoms with E-state index in [4.69, 9.17) is 5.73 Å². The summed E-state index contributed by atoms with van der Waals surface area (Å²) in [6.07, 6.45) is 2.03. The lowest BCUT2D eigenvalue weighted by molar-refractivity contribution is 0.559. The van der Waals surface area contributed by atoms with E-state index in [1.807, 2.05) is 6.92 Å². The molecule has 0 fully saturated rings. The maximum atomic E-state index is 10.7. The van der Waals surface area contributed by atoms with Gasteiger partial charge in [0.15, 0.2) is 0 Å². The van der Waals surface area contributed by atoms with Crippen molar-refractivity contribution in [2.45, 2.75) is 13.3 Å². The summed E-state index contributed by atoms with van der Waals surface area (Å²) in [7, 11) is -2.80. The van der Waals surface area contributed by atoms with Crippen LogP contribution in [0, 0.1) is 5.92 Å². The first-order valence-corrected chi connectivity index (χ1v) is 5.39. The lowest BCUT2D eigenvalue weighted by Crippen LogP contribution is -2.15. The molecule has 0 saturated carbocycles. The highest BCUT2D eigenvalue weighted by molar-refractivity contribution is 7.90. The molecule has 0 saturated heterocycles. The minimum Gasteiger partial charge on any atom is -0.330 e. The monoisotopic (exact) mass is 165 g/mol. The maximum Gasteiger partial charge on any atom is 0.147 e. The highest BCUT2D eigenvalue weighted by atomic mass is 32.2. The fourth-order valence-electron chi connectivity index (χ4n) is 0.885. The van der Waals surface area contributed by atoms with Gasteiger partial charge in [0.2, 0.25) is 0 Å². The Morgan fingerprint density at radius 1 is 1.50 bits per heavy atom. The standard InChI is InChI=1S/C6H15NO2S/c1-6(3-4-7)5-10(2,8)9/h6H,3-5,7H2,1-2H3. The van der Waals surface area contributed by atoms with Crippen molar-refractivity contribution in [3.05, 3.63) is 0 Å². The Labute approximate surface area is 62.5 Å². The third kappa shape index (κ3) is 6.04. The van der Waals surface area contributed by atoms with Crippen molar-refractivity contribution in [2.24, 2.45) is 11.7 Å². The molecule has 0 spiro atoms. The van der Waals surface area contributed by atoms with Crippen LogP contribution in [0.4, 0.5) is 0 Å². The molecule has 3 nitrogen and oxygen atoms in total. The Bertz CT molecular complexity index is 174. The van der Waals surface area contributed by atoms with Gasteiger partial charge in [-0.15, -0.1) is 0 Å². The summed E-state index contributed by atoms with van der Waals surface area (Å²) in [5, 5.41) is 0. The topological polar surface area (TPSA) is 60.2 Å². The predicted octanol–water partition coefficient (Wildman–Crippen LogP) is 0.0159. The Kier molecular flexibility index (Phi) is 3.89. The molecule has 0 rings (SSSR count). The first-order chi connectivity index (χ1) is 4.45. The van der Waals surface area contributed by atoms with Gasteiger partial charge < -0.3 is 5.73 Å². The van der Waals surface area contributed by atoms with Crippen molar-refractivity contribution >= 4 is 9.84 Å². The van der Waals surface area contributed by atoms with Gasteiger partial charge in [-0.25, -0.2) is 8.42 Å². The zero-order valence-electron chi connectivity index (χ0n) is 6.50. The second-order valence-corrected chi connectivity index (χ2v) is 4.96. The van der Waals surface area contributed by atoms with Crippen molar-refractivity contribution < 1.29 is 8.42 Å². The van der Waals surface area contributed by atoms with Gasteiger partial charge in [-0.05, 0) is 18.9 Å². The lowest BCUT2D eigenvalue weighted by Gasteiger charge is -2.06. The molecule has 10 heavy (non-hydrogen) atoms. The van der Waals surface area contributed by atoms with E-state index in [-0.39, 0.29) is 11.7 Å². The summed E-state index contributed by atoms with van der Waals surface area (Å²) >= 11 is 0. The molecule has 1 unspecified atom stereocenters. The van der Waals surface area contributed by atoms with Gasteiger partial charge in [0.1, 0.15) is 9.84 Å². The van der Waals surface area contributed by atoms with E-state index in [9.17, 15) is 8.42 Å². The van der Waals surface area contributed by atoms with Crippen molar-refractivity contribution in [1.82, 2.24) is 0 Å². The number of rotatable bonds is 4. The van der Waals surface area contributed by atoms with Crippen LogP contribution in [-0.2, 0) is 9.84 Å². The van der Waals surface area contributed by atoms with Gasteiger partial charge in [-0.2, -0.15) is 0 Å². The van der Waals surface area contributed by atoms with E-state index >= 15 is 0 Å². The summed E-state index contributed by atoms with van der Waals surface area (Å²) in [5.74, 6) is 0.449. The van der Waals surface area contributed by atoms with Gasteiger partial charge >= 0.3 is 0 Å². The largest absolute Gasteiger partial charge is 0.330 e. The Hall–Kier alpha value is -0.0900. The van der Waals surface area contributed by atoms with Crippen LogP contribution in [0.2, 0.25) is 0 Å². The smallest absolute Gasteiger partial charge is 0.147 e. The quantitative estimate of drug-likeness (QED) is 0.638. The summed E-state index contributed by atoms with van der Waals surface area (Å²) in [4.78, 5) is 0. The number of hydrogen-bond acceptors (Lipinski definition) is 3. The van der Waals surface area contributed by atoms with Crippen LogP contribution in [-0.4, -0.2) is 27.0 Å². The molecule has 62 valence electrons. The Balaban J connectivity index is 3.69. The minimum absolute atomic E-state index is 0.194. The molecular weight excluding hydrogens is 150 g/mol. The maximum absolute atomic E-state index is 10.7. The highest BCUT2D eigenvalue weighted by Gasteiger charge is 2.08. The number of sulfone groups is 1. The van der Waals surface area contributed by atoms with Crippen LogP contribution in [0.3, 0.4) is 0 Å². The van der Waals surface area contributed by atoms with Gasteiger partial charge in [0.05, 0.1) is 5.75 Å². The molecule has 0 bridgehead atoms. The van der Waals surface area contributed by atoms with Crippen molar-refractivity contribution in [3.63, 3.8) is 0 Å². The van der Waals surface area contributed by atoms with Crippen molar-refractivity contribution in [1.29, 1.82) is 0 Å². The van der Waals surface area contributed by atoms with E-state index in [1.165, 1.54) is 6.26 Å². The molecular formula is C6H15NO2S. The van der Waals surface area contributed by atoms with Crippen molar-refractivity contribution in [3.8, 4) is 0 Å². The number of nitrogens with two attached hydrogens (primary N) is 1. The van der Waals surface area contributed by atoms with E-state index in [0.29, 0.717) is 6.54 Å². The average molecular weight is 165 g/mol. The summed E-state index contributed by atoms with van der Waals surface area (Å²) in [6, 6.07) is 0. The molecule has 0 radical (unpaired) electrons. The van der Waals surface area contributed by atoms with Gasteiger partial charge in [-0.1, -0.05) is 6.92 Å². The third-order valence-electron chi connectivity index (χ3n) is 1.25. The molecule has 0 aliphatic carbocycles. The zero-order chi connectivity index (χ0) is 8.20. The molecule has 0 aromatic heterocycles. The van der Waals surface area contributed by atoms with E-state index < -0.39 is 9.84 Å². The first-order valence-electron chi connectivity index (χ1n) is 3.33. The summed E-state index contributed by atoms with van der Waals surface area (Å²) in [5.41, 5.74) is 5.25. The van der Waals surface area contributed by atoms with Crippen LogP contribution >= 0.6 is 0 Å². The molecule has 4 heteroatoms. The minimum atomic E-state index is -2.80. The predicted molar refractivity (Wildman–Crippen MR) is 42.5 cm³/mol. The van der Waals surface area contributed by atoms with Gasteiger partial charge in [0.25, 0.3) is 0 Å². The van der Waals surface area contributed by atoms with E-state index in [0.717, 1.165) is 6.42 Å². The molecule has 0 amide bonds. The fourth-order valence-corrected chi connectivity index (χ4v) is 2.08. The van der Waals surface area contributed by atoms with E-state index in [1.54, 1.807) is 0 Å². The summed E-state index contributed by atoms with van der Waals surface area (Å²) in [6.45, 7) is 2.46. The SMILES string of the molecule is CC(CCN)CS(C)(=O)=O. The second kappa shape index (κ2) is 3.93. The molecule has 1 atom stereocenters. The highest BCUT2D eigenvalue weighted by Crippen LogP contribution is 2.02. The van der Waals surface area contributed by atoms with Crippen LogP contribution in [0.15, 0.2) is 0 Å². The van der Waals surface area contributed by atoms with Crippen LogP contribution in [0.1, 0.15) is 13.3 Å². The molecule has 0 aromatic rings. The van der Waals surface area contributed by atoms with Crippen molar-refractivity contribution in [2.75, 3.05) is 18.6 Å². The molecule has 0 heterocycles. The molecule has 0 aliphatic heterocycles. The average Bonchev–Trinajstić information content (AvgIpc) is 1.59. The molecule has 0 aliphatic rings. The molecule has 0 aromatic carbocycles. The Morgan fingerprint density at radius 3 is 2.30 bits per heavy atom. The second-order valence-electron chi connectivity index (χ2n) is 2.77. The van der Waals surface area contributed by atoms with Crippen LogP contribution in [0.5, 0.6) is 0 Å². The van der Waals surface area contributed by atoms with Gasteiger partial charge in [0, 0.05) is 6.26 Å². The molecule has 2 N–H and O–H groups in total. The van der Waals surface area contributed by atoms with E-state index in [2.05, 4.69) is 0 Å². The fraction of sp³-hybridized carbons (Fsp3) is 1.00. The number of hydrogen-bond donors (Lipinski definition) is 1. The summed E-state index contributed by atoms with van der Waals surface area (Å²) < 4.78 is 21.4. The van der Waals surface area contributed by atoms with Crippen LogP contribution in [0.25, 0.3) is 0 Å². The van der Waals surface area contributed by atoms with Gasteiger partial charge in [-0.3, -0.25) is 0 Å². The third-order valence-corrected chi connectivity index (χ3v) is 2.42. The Morgan fingerprint density at radius 2 is 2.00 bits per heavy atom. The first kappa shape index (κ1) is 9.91. The van der Waals surface area contributed by atoms with Crippen LogP contribution < -0.4 is 5.73 Å².